The van der Waals surface area contributed by atoms with Gasteiger partial charge in [-0.05, 0) is 40.9 Å². The van der Waals surface area contributed by atoms with Crippen LogP contribution in [0.3, 0.4) is 0 Å². The van der Waals surface area contributed by atoms with Gasteiger partial charge in [-0.25, -0.2) is 0 Å². The summed E-state index contributed by atoms with van der Waals surface area (Å²) in [5.41, 5.74) is 5.72. The minimum Gasteiger partial charge on any atom is -0.370 e. The fourth-order valence-electron chi connectivity index (χ4n) is 1.21. The summed E-state index contributed by atoms with van der Waals surface area (Å²) in [5, 5.41) is 3.12. The standard InChI is InChI=1S/C11H18BrN3S.HI/c1-2-3-7-14-11(13)15-8-6-9-4-5-10(12)16-9;/h4-5H,2-3,6-8H2,1H3,(H3,13,14,15);1H. The van der Waals surface area contributed by atoms with Crippen LogP contribution in [0.4, 0.5) is 0 Å². The zero-order valence-corrected chi connectivity index (χ0v) is 14.6. The first-order valence-electron chi connectivity index (χ1n) is 5.50. The van der Waals surface area contributed by atoms with Crippen LogP contribution >= 0.6 is 51.2 Å². The van der Waals surface area contributed by atoms with Gasteiger partial charge in [0.05, 0.1) is 3.79 Å². The fourth-order valence-corrected chi connectivity index (χ4v) is 2.70. The van der Waals surface area contributed by atoms with E-state index in [1.807, 2.05) is 0 Å². The Hall–Kier alpha value is 0.180. The van der Waals surface area contributed by atoms with Crippen molar-refractivity contribution in [2.24, 2.45) is 10.7 Å². The fraction of sp³-hybridized carbons (Fsp3) is 0.545. The first kappa shape index (κ1) is 17.2. The van der Waals surface area contributed by atoms with Gasteiger partial charge in [0.1, 0.15) is 0 Å². The van der Waals surface area contributed by atoms with Crippen molar-refractivity contribution in [3.8, 4) is 0 Å². The normalized spacial score (nSPS) is 11.1. The Morgan fingerprint density at radius 1 is 1.53 bits per heavy atom. The largest absolute Gasteiger partial charge is 0.370 e. The van der Waals surface area contributed by atoms with Crippen LogP contribution in [0.25, 0.3) is 0 Å². The van der Waals surface area contributed by atoms with Crippen molar-refractivity contribution in [2.75, 3.05) is 13.1 Å². The Kier molecular flexibility index (Phi) is 10.2. The third-order valence-corrected chi connectivity index (χ3v) is 3.78. The smallest absolute Gasteiger partial charge is 0.188 e. The summed E-state index contributed by atoms with van der Waals surface area (Å²) in [6, 6.07) is 4.19. The maximum absolute atomic E-state index is 5.72. The second kappa shape index (κ2) is 10.1. The van der Waals surface area contributed by atoms with E-state index < -0.39 is 0 Å². The lowest BCUT2D eigenvalue weighted by molar-refractivity contribution is 0.792. The van der Waals surface area contributed by atoms with Gasteiger partial charge in [-0.1, -0.05) is 13.3 Å². The lowest BCUT2D eigenvalue weighted by atomic mass is 10.3. The number of rotatable bonds is 6. The number of nitrogens with two attached hydrogens (primary N) is 1. The van der Waals surface area contributed by atoms with Gasteiger partial charge in [0, 0.05) is 18.0 Å². The van der Waals surface area contributed by atoms with Gasteiger partial charge in [-0.3, -0.25) is 4.99 Å². The SMILES string of the molecule is CCCCN=C(N)NCCc1ccc(Br)s1.I. The monoisotopic (exact) mass is 431 g/mol. The number of hydrogen-bond donors (Lipinski definition) is 2. The zero-order valence-electron chi connectivity index (χ0n) is 9.91. The summed E-state index contributed by atoms with van der Waals surface area (Å²) in [7, 11) is 0. The highest BCUT2D eigenvalue weighted by atomic mass is 127. The molecule has 1 aromatic heterocycles. The molecule has 0 aromatic carbocycles. The maximum atomic E-state index is 5.72. The average Bonchev–Trinajstić information content (AvgIpc) is 2.65. The number of aliphatic imine (C=N–C) groups is 1. The van der Waals surface area contributed by atoms with Crippen molar-refractivity contribution in [2.45, 2.75) is 26.2 Å². The molecule has 1 aromatic rings. The summed E-state index contributed by atoms with van der Waals surface area (Å²) in [6.07, 6.45) is 3.24. The summed E-state index contributed by atoms with van der Waals surface area (Å²) < 4.78 is 1.17. The highest BCUT2D eigenvalue weighted by Gasteiger charge is 1.97. The van der Waals surface area contributed by atoms with E-state index in [2.05, 4.69) is 45.3 Å². The molecule has 0 radical (unpaired) electrons. The topological polar surface area (TPSA) is 50.4 Å². The van der Waals surface area contributed by atoms with Crippen molar-refractivity contribution < 1.29 is 0 Å². The zero-order chi connectivity index (χ0) is 11.8. The van der Waals surface area contributed by atoms with Gasteiger partial charge in [-0.2, -0.15) is 0 Å². The molecule has 1 rings (SSSR count). The van der Waals surface area contributed by atoms with Crippen LogP contribution in [-0.2, 0) is 6.42 Å². The van der Waals surface area contributed by atoms with E-state index in [1.54, 1.807) is 11.3 Å². The lowest BCUT2D eigenvalue weighted by Gasteiger charge is -2.03. The van der Waals surface area contributed by atoms with Gasteiger partial charge in [0.25, 0.3) is 0 Å². The number of halogens is 2. The van der Waals surface area contributed by atoms with Crippen LogP contribution in [-0.4, -0.2) is 19.0 Å². The van der Waals surface area contributed by atoms with Crippen LogP contribution < -0.4 is 11.1 Å². The van der Waals surface area contributed by atoms with E-state index in [0.29, 0.717) is 5.96 Å². The van der Waals surface area contributed by atoms with Gasteiger partial charge in [-0.15, -0.1) is 35.3 Å². The molecular weight excluding hydrogens is 413 g/mol. The molecule has 3 N–H and O–H groups in total. The Morgan fingerprint density at radius 2 is 2.29 bits per heavy atom. The molecule has 0 amide bonds. The highest BCUT2D eigenvalue weighted by Crippen LogP contribution is 2.21. The lowest BCUT2D eigenvalue weighted by Crippen LogP contribution is -2.33. The minimum atomic E-state index is 0. The first-order valence-corrected chi connectivity index (χ1v) is 7.11. The molecule has 0 aliphatic rings. The minimum absolute atomic E-state index is 0. The van der Waals surface area contributed by atoms with Crippen LogP contribution in [0.15, 0.2) is 20.9 Å². The summed E-state index contributed by atoms with van der Waals surface area (Å²) in [4.78, 5) is 5.58. The van der Waals surface area contributed by atoms with Crippen LogP contribution in [0, 0.1) is 0 Å². The molecule has 17 heavy (non-hydrogen) atoms. The van der Waals surface area contributed by atoms with Gasteiger partial charge in [0.2, 0.25) is 0 Å². The van der Waals surface area contributed by atoms with Gasteiger partial charge in [0.15, 0.2) is 5.96 Å². The second-order valence-electron chi connectivity index (χ2n) is 3.50. The van der Waals surface area contributed by atoms with Crippen molar-refractivity contribution in [1.82, 2.24) is 5.32 Å². The average molecular weight is 432 g/mol. The second-order valence-corrected chi connectivity index (χ2v) is 6.05. The molecule has 3 nitrogen and oxygen atoms in total. The predicted octanol–water partition coefficient (Wildman–Crippen LogP) is 3.38. The quantitative estimate of drug-likeness (QED) is 0.314. The highest BCUT2D eigenvalue weighted by molar-refractivity contribution is 14.0. The Morgan fingerprint density at radius 3 is 2.88 bits per heavy atom. The number of unbranched alkanes of at least 4 members (excludes halogenated alkanes) is 1. The van der Waals surface area contributed by atoms with E-state index in [9.17, 15) is 0 Å². The molecule has 0 unspecified atom stereocenters. The van der Waals surface area contributed by atoms with Gasteiger partial charge < -0.3 is 11.1 Å². The van der Waals surface area contributed by atoms with E-state index >= 15 is 0 Å². The van der Waals surface area contributed by atoms with Crippen LogP contribution in [0.2, 0.25) is 0 Å². The van der Waals surface area contributed by atoms with Crippen LogP contribution in [0.5, 0.6) is 0 Å². The maximum Gasteiger partial charge on any atom is 0.188 e. The van der Waals surface area contributed by atoms with Crippen molar-refractivity contribution in [1.29, 1.82) is 0 Å². The molecule has 6 heteroatoms. The Labute approximate surface area is 132 Å². The first-order chi connectivity index (χ1) is 7.72. The number of guanidine groups is 1. The number of nitrogens with one attached hydrogen (secondary N) is 1. The molecule has 0 bridgehead atoms. The summed E-state index contributed by atoms with van der Waals surface area (Å²) in [6.45, 7) is 3.81. The van der Waals surface area contributed by atoms with E-state index in [1.165, 1.54) is 8.66 Å². The predicted molar refractivity (Wildman–Crippen MR) is 90.5 cm³/mol. The van der Waals surface area contributed by atoms with E-state index in [0.717, 1.165) is 32.4 Å². The molecule has 0 aliphatic heterocycles. The molecule has 0 saturated heterocycles. The third kappa shape index (κ3) is 7.99. The van der Waals surface area contributed by atoms with Crippen molar-refractivity contribution >= 4 is 57.2 Å². The number of thiophene rings is 1. The number of nitrogens with zero attached hydrogens (tertiary/aromatic N) is 1. The van der Waals surface area contributed by atoms with Crippen molar-refractivity contribution in [3.05, 3.63) is 20.8 Å². The molecule has 0 spiro atoms. The Balaban J connectivity index is 0.00000256. The molecular formula is C11H19BrIN3S. The third-order valence-electron chi connectivity index (χ3n) is 2.10. The van der Waals surface area contributed by atoms with Crippen molar-refractivity contribution in [3.63, 3.8) is 0 Å². The molecule has 1 heterocycles. The van der Waals surface area contributed by atoms with E-state index in [-0.39, 0.29) is 24.0 Å². The number of hydrogen-bond acceptors (Lipinski definition) is 2. The molecule has 0 fully saturated rings. The molecule has 0 aliphatic carbocycles. The Bertz CT molecular complexity index is 341. The van der Waals surface area contributed by atoms with E-state index in [4.69, 9.17) is 5.73 Å². The van der Waals surface area contributed by atoms with Crippen LogP contribution in [0.1, 0.15) is 24.6 Å². The summed E-state index contributed by atoms with van der Waals surface area (Å²) >= 11 is 5.20. The molecule has 0 saturated carbocycles. The molecule has 98 valence electrons. The molecule has 0 atom stereocenters. The van der Waals surface area contributed by atoms with Gasteiger partial charge >= 0.3 is 0 Å². The summed E-state index contributed by atoms with van der Waals surface area (Å²) in [5.74, 6) is 0.559.